The number of ketones is 1. The fraction of sp³-hybridized carbons (Fsp3) is 0.231. The zero-order chi connectivity index (χ0) is 22.6. The fourth-order valence-corrected chi connectivity index (χ4v) is 4.84. The molecule has 2 aliphatic rings. The van der Waals surface area contributed by atoms with Gasteiger partial charge in [0.1, 0.15) is 28.5 Å². The second kappa shape index (κ2) is 7.55. The minimum Gasteiger partial charge on any atom is -0.461 e. The Kier molecular flexibility index (Phi) is 4.93. The third-order valence-electron chi connectivity index (χ3n) is 5.93. The molecule has 4 nitrogen and oxygen atoms in total. The summed E-state index contributed by atoms with van der Waals surface area (Å²) in [5.74, 6) is 0.132. The third kappa shape index (κ3) is 3.73. The lowest BCUT2D eigenvalue weighted by atomic mass is 9.71. The van der Waals surface area contributed by atoms with Crippen LogP contribution in [0.4, 0.5) is 4.39 Å². The van der Waals surface area contributed by atoms with Gasteiger partial charge in [-0.1, -0.05) is 41.9 Å². The Morgan fingerprint density at radius 3 is 2.53 bits per heavy atom. The van der Waals surface area contributed by atoms with E-state index >= 15 is 0 Å². The summed E-state index contributed by atoms with van der Waals surface area (Å²) < 4.78 is 26.1. The highest BCUT2D eigenvalue weighted by Crippen LogP contribution is 2.47. The van der Waals surface area contributed by atoms with Crippen molar-refractivity contribution in [2.75, 3.05) is 0 Å². The van der Waals surface area contributed by atoms with Gasteiger partial charge in [-0.3, -0.25) is 4.79 Å². The van der Waals surface area contributed by atoms with Gasteiger partial charge in [-0.25, -0.2) is 9.18 Å². The summed E-state index contributed by atoms with van der Waals surface area (Å²) in [5, 5.41) is 0.747. The van der Waals surface area contributed by atoms with Gasteiger partial charge in [-0.2, -0.15) is 0 Å². The Bertz CT molecular complexity index is 1380. The molecule has 0 saturated carbocycles. The highest BCUT2D eigenvalue weighted by Gasteiger charge is 2.40. The van der Waals surface area contributed by atoms with Crippen LogP contribution in [-0.2, 0) is 9.53 Å². The van der Waals surface area contributed by atoms with Gasteiger partial charge in [0.2, 0.25) is 0 Å². The first-order valence-corrected chi connectivity index (χ1v) is 11.1. The van der Waals surface area contributed by atoms with Gasteiger partial charge >= 0.3 is 5.63 Å². The molecule has 0 amide bonds. The molecular weight excluding hydrogens is 475 g/mol. The van der Waals surface area contributed by atoms with Crippen molar-refractivity contribution in [2.45, 2.75) is 32.6 Å². The first-order valence-electron chi connectivity index (χ1n) is 10.4. The standard InChI is InChI=1S/C26H20BrFO4/c1-26(2)12-20(29)24-18(14-3-6-17(28)7-4-14)11-22(31-23(24)13-26)19-10-15-9-16(27)5-8-21(15)32-25(19)30/h3-11,18H,12-13H2,1-2H3. The average molecular weight is 495 g/mol. The van der Waals surface area contributed by atoms with Crippen LogP contribution in [0.15, 0.2) is 79.6 Å². The molecule has 0 bridgehead atoms. The van der Waals surface area contributed by atoms with Crippen LogP contribution in [0.25, 0.3) is 16.7 Å². The van der Waals surface area contributed by atoms with E-state index in [1.54, 1.807) is 36.4 Å². The molecule has 0 radical (unpaired) electrons. The maximum absolute atomic E-state index is 13.6. The molecule has 0 fully saturated rings. The van der Waals surface area contributed by atoms with Crippen LogP contribution in [0, 0.1) is 11.2 Å². The molecule has 1 aromatic heterocycles. The maximum atomic E-state index is 13.6. The van der Waals surface area contributed by atoms with E-state index in [1.165, 1.54) is 12.1 Å². The number of halogens is 2. The van der Waals surface area contributed by atoms with Crippen LogP contribution in [0.3, 0.4) is 0 Å². The molecule has 1 aliphatic carbocycles. The number of rotatable bonds is 2. The summed E-state index contributed by atoms with van der Waals surface area (Å²) in [6.07, 6.45) is 2.73. The summed E-state index contributed by atoms with van der Waals surface area (Å²) in [6.45, 7) is 4.04. The van der Waals surface area contributed by atoms with E-state index in [-0.39, 0.29) is 22.6 Å². The second-order valence-electron chi connectivity index (χ2n) is 9.07. The van der Waals surface area contributed by atoms with Crippen molar-refractivity contribution in [3.63, 3.8) is 0 Å². The molecule has 0 saturated heterocycles. The minimum absolute atomic E-state index is 0.00958. The average Bonchev–Trinajstić information content (AvgIpc) is 2.72. The Morgan fingerprint density at radius 2 is 1.78 bits per heavy atom. The second-order valence-corrected chi connectivity index (χ2v) is 9.99. The van der Waals surface area contributed by atoms with Gasteiger partial charge in [0.25, 0.3) is 0 Å². The summed E-state index contributed by atoms with van der Waals surface area (Å²) in [4.78, 5) is 25.9. The molecular formula is C26H20BrFO4. The zero-order valence-corrected chi connectivity index (χ0v) is 19.2. The van der Waals surface area contributed by atoms with Gasteiger partial charge < -0.3 is 9.15 Å². The maximum Gasteiger partial charge on any atom is 0.347 e. The lowest BCUT2D eigenvalue weighted by Crippen LogP contribution is -2.31. The van der Waals surface area contributed by atoms with E-state index < -0.39 is 11.5 Å². The number of hydrogen-bond donors (Lipinski definition) is 0. The quantitative estimate of drug-likeness (QED) is 0.382. The number of ether oxygens (including phenoxy) is 1. The van der Waals surface area contributed by atoms with Crippen molar-refractivity contribution < 1.29 is 18.3 Å². The minimum atomic E-state index is -0.519. The molecule has 1 aliphatic heterocycles. The Balaban J connectivity index is 1.68. The molecule has 2 aromatic carbocycles. The Hall–Kier alpha value is -2.99. The number of benzene rings is 2. The normalized spacial score (nSPS) is 20.1. The number of allylic oxidation sites excluding steroid dienone is 3. The molecule has 6 heteroatoms. The smallest absolute Gasteiger partial charge is 0.347 e. The van der Waals surface area contributed by atoms with Crippen molar-refractivity contribution in [3.8, 4) is 0 Å². The van der Waals surface area contributed by atoms with Crippen LogP contribution >= 0.6 is 15.9 Å². The van der Waals surface area contributed by atoms with Crippen LogP contribution < -0.4 is 5.63 Å². The summed E-state index contributed by atoms with van der Waals surface area (Å²) in [6, 6.07) is 13.2. The SMILES string of the molecule is CC1(C)CC(=O)C2=C(C1)OC(c1cc3cc(Br)ccc3oc1=O)=CC2c1ccc(F)cc1. The van der Waals surface area contributed by atoms with Crippen molar-refractivity contribution in [1.29, 1.82) is 0 Å². The van der Waals surface area contributed by atoms with E-state index in [1.807, 2.05) is 19.9 Å². The van der Waals surface area contributed by atoms with Crippen LogP contribution in [0.1, 0.15) is 43.7 Å². The largest absolute Gasteiger partial charge is 0.461 e. The number of hydrogen-bond acceptors (Lipinski definition) is 4. The lowest BCUT2D eigenvalue weighted by Gasteiger charge is -2.36. The number of fused-ring (bicyclic) bond motifs is 1. The predicted octanol–water partition coefficient (Wildman–Crippen LogP) is 6.49. The van der Waals surface area contributed by atoms with Crippen LogP contribution in [0.2, 0.25) is 0 Å². The summed E-state index contributed by atoms with van der Waals surface area (Å²) >= 11 is 3.44. The van der Waals surface area contributed by atoms with Crippen molar-refractivity contribution in [3.05, 3.63) is 97.8 Å². The van der Waals surface area contributed by atoms with E-state index in [0.717, 1.165) is 15.4 Å². The van der Waals surface area contributed by atoms with Crippen LogP contribution in [-0.4, -0.2) is 5.78 Å². The molecule has 0 N–H and O–H groups in total. The van der Waals surface area contributed by atoms with Crippen molar-refractivity contribution >= 4 is 38.4 Å². The van der Waals surface area contributed by atoms with Gasteiger partial charge in [-0.15, -0.1) is 0 Å². The molecule has 0 spiro atoms. The lowest BCUT2D eigenvalue weighted by molar-refractivity contribution is -0.118. The molecule has 1 atom stereocenters. The number of carbonyl (C=O) groups excluding carboxylic acids is 1. The summed E-state index contributed by atoms with van der Waals surface area (Å²) in [7, 11) is 0. The molecule has 2 heterocycles. The first-order chi connectivity index (χ1) is 15.2. The van der Waals surface area contributed by atoms with Gasteiger partial charge in [0, 0.05) is 34.2 Å². The zero-order valence-electron chi connectivity index (χ0n) is 17.6. The van der Waals surface area contributed by atoms with Gasteiger partial charge in [0.05, 0.1) is 0 Å². The monoisotopic (exact) mass is 494 g/mol. The predicted molar refractivity (Wildman–Crippen MR) is 123 cm³/mol. The van der Waals surface area contributed by atoms with E-state index in [2.05, 4.69) is 15.9 Å². The fourth-order valence-electron chi connectivity index (χ4n) is 4.46. The van der Waals surface area contributed by atoms with E-state index in [4.69, 9.17) is 9.15 Å². The molecule has 32 heavy (non-hydrogen) atoms. The third-order valence-corrected chi connectivity index (χ3v) is 6.42. The highest BCUT2D eigenvalue weighted by molar-refractivity contribution is 9.10. The van der Waals surface area contributed by atoms with Crippen LogP contribution in [0.5, 0.6) is 0 Å². The van der Waals surface area contributed by atoms with Gasteiger partial charge in [-0.05, 0) is 53.5 Å². The number of Topliss-reactive ketones (excluding diaryl/α,β-unsaturated/α-hetero) is 1. The molecule has 5 rings (SSSR count). The first kappa shape index (κ1) is 20.9. The topological polar surface area (TPSA) is 56.5 Å². The highest BCUT2D eigenvalue weighted by atomic mass is 79.9. The van der Waals surface area contributed by atoms with E-state index in [9.17, 15) is 14.0 Å². The van der Waals surface area contributed by atoms with Crippen molar-refractivity contribution in [1.82, 2.24) is 0 Å². The molecule has 162 valence electrons. The molecule has 1 unspecified atom stereocenters. The van der Waals surface area contributed by atoms with Crippen molar-refractivity contribution in [2.24, 2.45) is 5.41 Å². The Morgan fingerprint density at radius 1 is 1.03 bits per heavy atom. The van der Waals surface area contributed by atoms with Gasteiger partial charge in [0.15, 0.2) is 5.78 Å². The summed E-state index contributed by atoms with van der Waals surface area (Å²) in [5.41, 5.74) is 1.32. The van der Waals surface area contributed by atoms with E-state index in [0.29, 0.717) is 35.5 Å². The number of carbonyl (C=O) groups is 1. The Labute approximate surface area is 192 Å². The molecule has 3 aromatic rings.